The van der Waals surface area contributed by atoms with Crippen molar-refractivity contribution in [2.75, 3.05) is 10.6 Å². The lowest BCUT2D eigenvalue weighted by atomic mass is 10.1. The third-order valence-electron chi connectivity index (χ3n) is 5.07. The van der Waals surface area contributed by atoms with Crippen LogP contribution < -0.4 is 10.6 Å². The first-order chi connectivity index (χ1) is 15.8. The van der Waals surface area contributed by atoms with E-state index in [0.717, 1.165) is 27.3 Å². The SMILES string of the molecule is Cc1ccc(NC(=O)C(Sc2ccc(NC(=O)CCC(=O)O)cc2)c2ccccc2)cc1C. The molecule has 3 N–H and O–H groups in total. The van der Waals surface area contributed by atoms with Crippen LogP contribution in [0.1, 0.15) is 34.8 Å². The van der Waals surface area contributed by atoms with Gasteiger partial charge in [-0.3, -0.25) is 14.4 Å². The van der Waals surface area contributed by atoms with Gasteiger partial charge < -0.3 is 15.7 Å². The summed E-state index contributed by atoms with van der Waals surface area (Å²) in [6.07, 6.45) is -0.297. The van der Waals surface area contributed by atoms with Gasteiger partial charge in [0.1, 0.15) is 5.25 Å². The second-order valence-electron chi connectivity index (χ2n) is 7.66. The Kier molecular flexibility index (Phi) is 8.27. The third kappa shape index (κ3) is 7.22. The van der Waals surface area contributed by atoms with Crippen LogP contribution in [0, 0.1) is 13.8 Å². The van der Waals surface area contributed by atoms with E-state index in [2.05, 4.69) is 10.6 Å². The molecule has 1 unspecified atom stereocenters. The molecule has 0 spiro atoms. The molecule has 0 fully saturated rings. The Morgan fingerprint density at radius 3 is 2.12 bits per heavy atom. The molecule has 3 rings (SSSR count). The van der Waals surface area contributed by atoms with Crippen LogP contribution in [0.5, 0.6) is 0 Å². The van der Waals surface area contributed by atoms with E-state index in [-0.39, 0.29) is 24.7 Å². The van der Waals surface area contributed by atoms with E-state index in [1.54, 1.807) is 12.1 Å². The van der Waals surface area contributed by atoms with Crippen molar-refractivity contribution in [3.63, 3.8) is 0 Å². The topological polar surface area (TPSA) is 95.5 Å². The summed E-state index contributed by atoms with van der Waals surface area (Å²) < 4.78 is 0. The summed E-state index contributed by atoms with van der Waals surface area (Å²) in [4.78, 5) is 36.5. The predicted octanol–water partition coefficient (Wildman–Crippen LogP) is 5.58. The number of carbonyl (C=O) groups is 3. The summed E-state index contributed by atoms with van der Waals surface area (Å²) in [5.74, 6) is -1.49. The maximum absolute atomic E-state index is 13.2. The molecule has 1 atom stereocenters. The van der Waals surface area contributed by atoms with Crippen LogP contribution in [0.3, 0.4) is 0 Å². The monoisotopic (exact) mass is 462 g/mol. The fourth-order valence-corrected chi connectivity index (χ4v) is 4.15. The zero-order chi connectivity index (χ0) is 23.8. The number of aliphatic carboxylic acids is 1. The number of carboxylic acid groups (broad SMARTS) is 1. The molecule has 3 aromatic rings. The maximum atomic E-state index is 13.2. The molecule has 0 radical (unpaired) electrons. The number of thioether (sulfide) groups is 1. The Labute approximate surface area is 197 Å². The van der Waals surface area contributed by atoms with Crippen molar-refractivity contribution in [3.05, 3.63) is 89.5 Å². The Bertz CT molecular complexity index is 1130. The molecule has 6 nitrogen and oxygen atoms in total. The first-order valence-corrected chi connectivity index (χ1v) is 11.4. The normalized spacial score (nSPS) is 11.5. The molecule has 0 aliphatic rings. The van der Waals surface area contributed by atoms with Gasteiger partial charge in [-0.25, -0.2) is 0 Å². The van der Waals surface area contributed by atoms with Crippen LogP contribution >= 0.6 is 11.8 Å². The van der Waals surface area contributed by atoms with E-state index >= 15 is 0 Å². The molecule has 2 amide bonds. The lowest BCUT2D eigenvalue weighted by molar-refractivity contribution is -0.138. The molecule has 0 heterocycles. The van der Waals surface area contributed by atoms with Gasteiger partial charge in [0.2, 0.25) is 11.8 Å². The minimum atomic E-state index is -1.01. The van der Waals surface area contributed by atoms with Crippen LogP contribution in [0.15, 0.2) is 77.7 Å². The number of carboxylic acids is 1. The van der Waals surface area contributed by atoms with E-state index in [4.69, 9.17) is 5.11 Å². The summed E-state index contributed by atoms with van der Waals surface area (Å²) in [7, 11) is 0. The fraction of sp³-hybridized carbons (Fsp3) is 0.192. The van der Waals surface area contributed by atoms with Crippen molar-refractivity contribution < 1.29 is 19.5 Å². The number of benzene rings is 3. The molecule has 0 aliphatic heterocycles. The lowest BCUT2D eigenvalue weighted by Crippen LogP contribution is -2.19. The number of amides is 2. The number of aryl methyl sites for hydroxylation is 2. The van der Waals surface area contributed by atoms with Gasteiger partial charge >= 0.3 is 5.97 Å². The maximum Gasteiger partial charge on any atom is 0.303 e. The van der Waals surface area contributed by atoms with Crippen molar-refractivity contribution in [1.82, 2.24) is 0 Å². The molecule has 0 saturated carbocycles. The van der Waals surface area contributed by atoms with Gasteiger partial charge in [-0.1, -0.05) is 36.4 Å². The van der Waals surface area contributed by atoms with Gasteiger partial charge in [-0.2, -0.15) is 0 Å². The highest BCUT2D eigenvalue weighted by atomic mass is 32.2. The molecular weight excluding hydrogens is 436 g/mol. The number of hydrogen-bond donors (Lipinski definition) is 3. The van der Waals surface area contributed by atoms with Gasteiger partial charge in [0.15, 0.2) is 0 Å². The van der Waals surface area contributed by atoms with E-state index in [0.29, 0.717) is 5.69 Å². The van der Waals surface area contributed by atoms with Crippen LogP contribution in [0.25, 0.3) is 0 Å². The fourth-order valence-electron chi connectivity index (χ4n) is 3.12. The van der Waals surface area contributed by atoms with Gasteiger partial charge in [-0.05, 0) is 66.9 Å². The summed E-state index contributed by atoms with van der Waals surface area (Å²) in [5, 5.41) is 13.9. The molecule has 0 saturated heterocycles. The molecule has 0 aromatic heterocycles. The number of rotatable bonds is 9. The van der Waals surface area contributed by atoms with E-state index in [1.165, 1.54) is 11.8 Å². The molecule has 0 bridgehead atoms. The standard InChI is InChI=1S/C26H26N2O4S/c1-17-8-9-21(16-18(17)2)28-26(32)25(19-6-4-3-5-7-19)33-22-12-10-20(11-13-22)27-23(29)14-15-24(30)31/h3-13,16,25H,14-15H2,1-2H3,(H,27,29)(H,28,32)(H,30,31). The van der Waals surface area contributed by atoms with Gasteiger partial charge in [0.05, 0.1) is 6.42 Å². The largest absolute Gasteiger partial charge is 0.481 e. The zero-order valence-electron chi connectivity index (χ0n) is 18.5. The van der Waals surface area contributed by atoms with Crippen LogP contribution in [-0.2, 0) is 14.4 Å². The van der Waals surface area contributed by atoms with Crippen molar-refractivity contribution in [3.8, 4) is 0 Å². The van der Waals surface area contributed by atoms with Crippen LogP contribution in [0.4, 0.5) is 11.4 Å². The quantitative estimate of drug-likeness (QED) is 0.361. The van der Waals surface area contributed by atoms with Gasteiger partial charge in [-0.15, -0.1) is 11.8 Å². The highest BCUT2D eigenvalue weighted by molar-refractivity contribution is 8.00. The third-order valence-corrected chi connectivity index (χ3v) is 6.34. The first-order valence-electron chi connectivity index (χ1n) is 10.5. The molecule has 33 heavy (non-hydrogen) atoms. The van der Waals surface area contributed by atoms with Crippen molar-refractivity contribution in [1.29, 1.82) is 0 Å². The molecule has 0 aliphatic carbocycles. The molecule has 7 heteroatoms. The van der Waals surface area contributed by atoms with Crippen molar-refractivity contribution >= 4 is 40.9 Å². The second-order valence-corrected chi connectivity index (χ2v) is 8.84. The minimum Gasteiger partial charge on any atom is -0.481 e. The smallest absolute Gasteiger partial charge is 0.303 e. The molecule has 170 valence electrons. The number of hydrogen-bond acceptors (Lipinski definition) is 4. The highest BCUT2D eigenvalue weighted by Gasteiger charge is 2.22. The minimum absolute atomic E-state index is 0.0828. The van der Waals surface area contributed by atoms with Crippen molar-refractivity contribution in [2.45, 2.75) is 36.8 Å². The second kappa shape index (κ2) is 11.3. The highest BCUT2D eigenvalue weighted by Crippen LogP contribution is 2.36. The van der Waals surface area contributed by atoms with Crippen LogP contribution in [0.2, 0.25) is 0 Å². The average molecular weight is 463 g/mol. The summed E-state index contributed by atoms with van der Waals surface area (Å²) in [6, 6.07) is 22.6. The average Bonchev–Trinajstić information content (AvgIpc) is 2.80. The van der Waals surface area contributed by atoms with Crippen molar-refractivity contribution in [2.24, 2.45) is 0 Å². The van der Waals surface area contributed by atoms with E-state index in [1.807, 2.05) is 74.5 Å². The summed E-state index contributed by atoms with van der Waals surface area (Å²) >= 11 is 1.42. The lowest BCUT2D eigenvalue weighted by Gasteiger charge is -2.18. The number of nitrogens with one attached hydrogen (secondary N) is 2. The Hall–Kier alpha value is -3.58. The van der Waals surface area contributed by atoms with E-state index < -0.39 is 11.2 Å². The number of carbonyl (C=O) groups excluding carboxylic acids is 2. The van der Waals surface area contributed by atoms with Gasteiger partial charge in [0, 0.05) is 22.7 Å². The zero-order valence-corrected chi connectivity index (χ0v) is 19.3. The van der Waals surface area contributed by atoms with E-state index in [9.17, 15) is 14.4 Å². The summed E-state index contributed by atoms with van der Waals surface area (Å²) in [5.41, 5.74) is 4.49. The molecule has 3 aromatic carbocycles. The first kappa shape index (κ1) is 24.1. The Morgan fingerprint density at radius 1 is 0.818 bits per heavy atom. The predicted molar refractivity (Wildman–Crippen MR) is 132 cm³/mol. The number of anilines is 2. The summed E-state index contributed by atoms with van der Waals surface area (Å²) in [6.45, 7) is 4.04. The molecular formula is C26H26N2O4S. The van der Waals surface area contributed by atoms with Gasteiger partial charge in [0.25, 0.3) is 0 Å². The Balaban J connectivity index is 1.72. The Morgan fingerprint density at radius 2 is 1.48 bits per heavy atom. The van der Waals surface area contributed by atoms with Crippen LogP contribution in [-0.4, -0.2) is 22.9 Å².